The summed E-state index contributed by atoms with van der Waals surface area (Å²) in [5.74, 6) is 0.716. The van der Waals surface area contributed by atoms with Crippen LogP contribution in [0.15, 0.2) is 39.5 Å². The second kappa shape index (κ2) is 7.67. The molecule has 0 unspecified atom stereocenters. The van der Waals surface area contributed by atoms with Gasteiger partial charge in [-0.15, -0.1) is 0 Å². The van der Waals surface area contributed by atoms with E-state index in [0.717, 1.165) is 31.3 Å². The SMILES string of the molecule is NCCCNCCCOc1ccc2ccc(=O)oc2c1. The fourth-order valence-corrected chi connectivity index (χ4v) is 1.87. The van der Waals surface area contributed by atoms with E-state index in [4.69, 9.17) is 14.9 Å². The molecule has 1 heterocycles. The highest BCUT2D eigenvalue weighted by Gasteiger charge is 2.00. The standard InChI is InChI=1S/C15H20N2O3/c16-7-1-8-17-9-2-10-19-13-5-3-12-4-6-15(18)20-14(12)11-13/h3-6,11,17H,1-2,7-10,16H2. The van der Waals surface area contributed by atoms with Crippen LogP contribution in [0.2, 0.25) is 0 Å². The predicted octanol–water partition coefficient (Wildman–Crippen LogP) is 1.50. The van der Waals surface area contributed by atoms with Gasteiger partial charge in [-0.25, -0.2) is 4.79 Å². The molecule has 5 nitrogen and oxygen atoms in total. The number of fused-ring (bicyclic) bond motifs is 1. The highest BCUT2D eigenvalue weighted by Crippen LogP contribution is 2.19. The van der Waals surface area contributed by atoms with Crippen LogP contribution in [-0.4, -0.2) is 26.2 Å². The number of benzene rings is 1. The highest BCUT2D eigenvalue weighted by molar-refractivity contribution is 5.77. The molecule has 0 aliphatic heterocycles. The van der Waals surface area contributed by atoms with E-state index in [9.17, 15) is 4.79 Å². The lowest BCUT2D eigenvalue weighted by Crippen LogP contribution is -2.20. The Morgan fingerprint density at radius 2 is 1.95 bits per heavy atom. The summed E-state index contributed by atoms with van der Waals surface area (Å²) in [7, 11) is 0. The van der Waals surface area contributed by atoms with Gasteiger partial charge in [-0.3, -0.25) is 0 Å². The zero-order chi connectivity index (χ0) is 14.2. The summed E-state index contributed by atoms with van der Waals surface area (Å²) in [6.45, 7) is 3.18. The van der Waals surface area contributed by atoms with Crippen LogP contribution < -0.4 is 21.4 Å². The minimum atomic E-state index is -0.348. The topological polar surface area (TPSA) is 77.5 Å². The molecule has 0 amide bonds. The maximum atomic E-state index is 11.2. The first kappa shape index (κ1) is 14.6. The van der Waals surface area contributed by atoms with Crippen LogP contribution in [0.25, 0.3) is 11.0 Å². The molecule has 0 radical (unpaired) electrons. The molecule has 0 atom stereocenters. The van der Waals surface area contributed by atoms with E-state index in [1.165, 1.54) is 6.07 Å². The van der Waals surface area contributed by atoms with Gasteiger partial charge in [0.05, 0.1) is 6.61 Å². The second-order valence-electron chi connectivity index (χ2n) is 4.55. The first-order valence-electron chi connectivity index (χ1n) is 6.87. The van der Waals surface area contributed by atoms with Crippen molar-refractivity contribution in [1.29, 1.82) is 0 Å². The van der Waals surface area contributed by atoms with Crippen molar-refractivity contribution in [2.24, 2.45) is 5.73 Å². The minimum absolute atomic E-state index is 0.348. The summed E-state index contributed by atoms with van der Waals surface area (Å²) in [6.07, 6.45) is 1.91. The van der Waals surface area contributed by atoms with Gasteiger partial charge >= 0.3 is 5.63 Å². The molecule has 0 aliphatic carbocycles. The molecule has 3 N–H and O–H groups in total. The normalized spacial score (nSPS) is 10.8. The summed E-state index contributed by atoms with van der Waals surface area (Å²) in [6, 6.07) is 8.66. The third-order valence-electron chi connectivity index (χ3n) is 2.92. The van der Waals surface area contributed by atoms with Crippen LogP contribution in [0.4, 0.5) is 0 Å². The molecule has 20 heavy (non-hydrogen) atoms. The van der Waals surface area contributed by atoms with Crippen LogP contribution in [0.5, 0.6) is 5.75 Å². The van der Waals surface area contributed by atoms with E-state index in [2.05, 4.69) is 5.32 Å². The lowest BCUT2D eigenvalue weighted by Gasteiger charge is -2.07. The molecule has 5 heteroatoms. The first-order chi connectivity index (χ1) is 9.79. The van der Waals surface area contributed by atoms with Gasteiger partial charge in [0.15, 0.2) is 0 Å². The van der Waals surface area contributed by atoms with Crippen molar-refractivity contribution in [2.75, 3.05) is 26.2 Å². The molecule has 1 aromatic carbocycles. The van der Waals surface area contributed by atoms with Gasteiger partial charge in [-0.05, 0) is 50.7 Å². The summed E-state index contributed by atoms with van der Waals surface area (Å²) < 4.78 is 10.7. The Morgan fingerprint density at radius 3 is 2.80 bits per heavy atom. The van der Waals surface area contributed by atoms with E-state index < -0.39 is 0 Å². The molecule has 2 aromatic rings. The van der Waals surface area contributed by atoms with E-state index >= 15 is 0 Å². The molecule has 2 rings (SSSR count). The Labute approximate surface area is 117 Å². The highest BCUT2D eigenvalue weighted by atomic mass is 16.5. The average Bonchev–Trinajstić information content (AvgIpc) is 2.46. The fraction of sp³-hybridized carbons (Fsp3) is 0.400. The Hall–Kier alpha value is -1.85. The summed E-state index contributed by atoms with van der Waals surface area (Å²) in [5.41, 5.74) is 5.61. The minimum Gasteiger partial charge on any atom is -0.493 e. The van der Waals surface area contributed by atoms with Crippen LogP contribution in [0.1, 0.15) is 12.8 Å². The lowest BCUT2D eigenvalue weighted by atomic mass is 10.2. The van der Waals surface area contributed by atoms with Gasteiger partial charge in [0, 0.05) is 17.5 Å². The summed E-state index contributed by atoms with van der Waals surface area (Å²) >= 11 is 0. The van der Waals surface area contributed by atoms with Crippen LogP contribution in [0, 0.1) is 0 Å². The monoisotopic (exact) mass is 276 g/mol. The molecular weight excluding hydrogens is 256 g/mol. The average molecular weight is 276 g/mol. The maximum Gasteiger partial charge on any atom is 0.336 e. The largest absolute Gasteiger partial charge is 0.493 e. The molecule has 0 saturated heterocycles. The molecular formula is C15H20N2O3. The number of nitrogens with one attached hydrogen (secondary N) is 1. The van der Waals surface area contributed by atoms with Gasteiger partial charge in [-0.2, -0.15) is 0 Å². The van der Waals surface area contributed by atoms with Gasteiger partial charge in [0.25, 0.3) is 0 Å². The fourth-order valence-electron chi connectivity index (χ4n) is 1.87. The zero-order valence-corrected chi connectivity index (χ0v) is 11.4. The van der Waals surface area contributed by atoms with E-state index in [1.807, 2.05) is 12.1 Å². The Bertz CT molecular complexity index is 595. The van der Waals surface area contributed by atoms with Crippen molar-refractivity contribution in [1.82, 2.24) is 5.32 Å². The molecule has 0 spiro atoms. The van der Waals surface area contributed by atoms with Crippen LogP contribution >= 0.6 is 0 Å². The van der Waals surface area contributed by atoms with Crippen molar-refractivity contribution in [3.63, 3.8) is 0 Å². The zero-order valence-electron chi connectivity index (χ0n) is 11.4. The molecule has 0 bridgehead atoms. The second-order valence-corrected chi connectivity index (χ2v) is 4.55. The Morgan fingerprint density at radius 1 is 1.15 bits per heavy atom. The number of rotatable bonds is 8. The van der Waals surface area contributed by atoms with Crippen LogP contribution in [0.3, 0.4) is 0 Å². The van der Waals surface area contributed by atoms with Gasteiger partial charge in [-0.1, -0.05) is 0 Å². The van der Waals surface area contributed by atoms with Crippen molar-refractivity contribution in [3.05, 3.63) is 40.8 Å². The van der Waals surface area contributed by atoms with Gasteiger partial charge in [0.1, 0.15) is 11.3 Å². The van der Waals surface area contributed by atoms with Crippen molar-refractivity contribution >= 4 is 11.0 Å². The van der Waals surface area contributed by atoms with Crippen molar-refractivity contribution in [3.8, 4) is 5.75 Å². The lowest BCUT2D eigenvalue weighted by molar-refractivity contribution is 0.308. The van der Waals surface area contributed by atoms with E-state index in [0.29, 0.717) is 24.5 Å². The van der Waals surface area contributed by atoms with Crippen molar-refractivity contribution in [2.45, 2.75) is 12.8 Å². The smallest absolute Gasteiger partial charge is 0.336 e. The predicted molar refractivity (Wildman–Crippen MR) is 79.1 cm³/mol. The van der Waals surface area contributed by atoms with Gasteiger partial charge < -0.3 is 20.2 Å². The first-order valence-corrected chi connectivity index (χ1v) is 6.87. The van der Waals surface area contributed by atoms with E-state index in [1.54, 1.807) is 12.1 Å². The Balaban J connectivity index is 1.80. The quantitative estimate of drug-likeness (QED) is 0.564. The maximum absolute atomic E-state index is 11.2. The molecule has 0 aliphatic rings. The summed E-state index contributed by atoms with van der Waals surface area (Å²) in [5, 5.41) is 4.18. The number of hydrogen-bond acceptors (Lipinski definition) is 5. The Kier molecular flexibility index (Phi) is 5.58. The molecule has 0 saturated carbocycles. The summed E-state index contributed by atoms with van der Waals surface area (Å²) in [4.78, 5) is 11.2. The third kappa shape index (κ3) is 4.36. The van der Waals surface area contributed by atoms with Crippen LogP contribution in [-0.2, 0) is 0 Å². The molecule has 0 fully saturated rings. The number of hydrogen-bond donors (Lipinski definition) is 2. The molecule has 108 valence electrons. The van der Waals surface area contributed by atoms with Gasteiger partial charge in [0.2, 0.25) is 0 Å². The van der Waals surface area contributed by atoms with E-state index in [-0.39, 0.29) is 5.63 Å². The third-order valence-corrected chi connectivity index (χ3v) is 2.92. The van der Waals surface area contributed by atoms with Crippen molar-refractivity contribution < 1.29 is 9.15 Å². The molecule has 1 aromatic heterocycles. The number of ether oxygens (including phenoxy) is 1. The number of nitrogens with two attached hydrogens (primary N) is 1.